The van der Waals surface area contributed by atoms with Gasteiger partial charge in [-0.05, 0) is 35.7 Å². The van der Waals surface area contributed by atoms with Gasteiger partial charge >= 0.3 is 0 Å². The molecule has 0 saturated carbocycles. The van der Waals surface area contributed by atoms with Crippen molar-refractivity contribution in [3.63, 3.8) is 0 Å². The average Bonchev–Trinajstić information content (AvgIpc) is 2.85. The Bertz CT molecular complexity index is 314. The van der Waals surface area contributed by atoms with Gasteiger partial charge in [-0.25, -0.2) is 0 Å². The van der Waals surface area contributed by atoms with E-state index in [1.54, 1.807) is 11.3 Å². The van der Waals surface area contributed by atoms with E-state index in [9.17, 15) is 0 Å². The Labute approximate surface area is 102 Å². The minimum Gasteiger partial charge on any atom is -0.376 e. The average molecular weight is 292 g/mol. The number of aromatic nitrogens is 2. The van der Waals surface area contributed by atoms with Crippen LogP contribution in [0.15, 0.2) is 3.92 Å². The molecular formula is C9H14BrN3OS. The lowest BCUT2D eigenvalue weighted by molar-refractivity contribution is 0.115. The van der Waals surface area contributed by atoms with Gasteiger partial charge in [-0.2, -0.15) is 0 Å². The molecule has 1 aliphatic rings. The molecule has 1 fully saturated rings. The van der Waals surface area contributed by atoms with Crippen molar-refractivity contribution in [3.8, 4) is 0 Å². The highest BCUT2D eigenvalue weighted by molar-refractivity contribution is 9.11. The van der Waals surface area contributed by atoms with Crippen LogP contribution in [-0.2, 0) is 4.74 Å². The van der Waals surface area contributed by atoms with Crippen molar-refractivity contribution in [1.29, 1.82) is 0 Å². The molecule has 84 valence electrons. The van der Waals surface area contributed by atoms with Gasteiger partial charge in [-0.15, -0.1) is 10.2 Å². The summed E-state index contributed by atoms with van der Waals surface area (Å²) in [6.07, 6.45) is 2.71. The van der Waals surface area contributed by atoms with Crippen LogP contribution in [0.2, 0.25) is 0 Å². The van der Waals surface area contributed by atoms with Crippen molar-refractivity contribution < 1.29 is 4.74 Å². The summed E-state index contributed by atoms with van der Waals surface area (Å²) >= 11 is 4.90. The Morgan fingerprint density at radius 3 is 3.00 bits per heavy atom. The second kappa shape index (κ2) is 5.23. The van der Waals surface area contributed by atoms with E-state index in [0.717, 1.165) is 35.2 Å². The number of anilines is 1. The molecule has 1 saturated heterocycles. The molecule has 1 unspecified atom stereocenters. The summed E-state index contributed by atoms with van der Waals surface area (Å²) in [5, 5.41) is 9.06. The quantitative estimate of drug-likeness (QED) is 0.853. The van der Waals surface area contributed by atoms with Crippen molar-refractivity contribution in [2.45, 2.75) is 25.9 Å². The van der Waals surface area contributed by atoms with Gasteiger partial charge in [-0.1, -0.05) is 11.3 Å². The standard InChI is InChI=1S/C9H14BrN3OS/c1-2-13(6-7-4-3-5-14-7)9-12-11-8(10)15-9/h7H,2-6H2,1H3. The maximum absolute atomic E-state index is 5.62. The number of hydrogen-bond donors (Lipinski definition) is 0. The summed E-state index contributed by atoms with van der Waals surface area (Å²) in [7, 11) is 0. The Balaban J connectivity index is 1.97. The second-order valence-corrected chi connectivity index (χ2v) is 5.74. The second-order valence-electron chi connectivity index (χ2n) is 3.51. The Morgan fingerprint density at radius 1 is 1.60 bits per heavy atom. The Morgan fingerprint density at radius 2 is 2.47 bits per heavy atom. The molecule has 0 amide bonds. The van der Waals surface area contributed by atoms with Crippen LogP contribution in [0.5, 0.6) is 0 Å². The molecule has 1 atom stereocenters. The number of rotatable bonds is 4. The first-order valence-corrected chi connectivity index (χ1v) is 6.76. The lowest BCUT2D eigenvalue weighted by atomic mass is 10.2. The minimum absolute atomic E-state index is 0.368. The first-order valence-electron chi connectivity index (χ1n) is 5.15. The summed E-state index contributed by atoms with van der Waals surface area (Å²) < 4.78 is 6.45. The summed E-state index contributed by atoms with van der Waals surface area (Å²) in [6, 6.07) is 0. The SMILES string of the molecule is CCN(CC1CCCO1)c1nnc(Br)s1. The number of nitrogens with zero attached hydrogens (tertiary/aromatic N) is 3. The van der Waals surface area contributed by atoms with Crippen LogP contribution in [0.3, 0.4) is 0 Å². The number of likely N-dealkylation sites (N-methyl/N-ethyl adjacent to an activating group) is 1. The third-order valence-corrected chi connectivity index (χ3v) is 3.91. The smallest absolute Gasteiger partial charge is 0.209 e. The van der Waals surface area contributed by atoms with E-state index in [1.807, 2.05) is 0 Å². The highest BCUT2D eigenvalue weighted by Crippen LogP contribution is 2.25. The van der Waals surface area contributed by atoms with Crippen LogP contribution in [0.25, 0.3) is 0 Å². The van der Waals surface area contributed by atoms with Crippen molar-refractivity contribution in [2.24, 2.45) is 0 Å². The fourth-order valence-corrected chi connectivity index (χ4v) is 2.86. The summed E-state index contributed by atoms with van der Waals surface area (Å²) in [5.41, 5.74) is 0. The van der Waals surface area contributed by atoms with Crippen LogP contribution >= 0.6 is 27.3 Å². The molecule has 4 nitrogen and oxygen atoms in total. The van der Waals surface area contributed by atoms with Crippen LogP contribution in [-0.4, -0.2) is 36.0 Å². The lowest BCUT2D eigenvalue weighted by Crippen LogP contribution is -2.31. The zero-order valence-electron chi connectivity index (χ0n) is 8.65. The first kappa shape index (κ1) is 11.3. The molecule has 0 spiro atoms. The van der Waals surface area contributed by atoms with Gasteiger partial charge in [0.05, 0.1) is 6.10 Å². The number of halogens is 1. The van der Waals surface area contributed by atoms with Gasteiger partial charge in [0.1, 0.15) is 0 Å². The fourth-order valence-electron chi connectivity index (χ4n) is 1.70. The van der Waals surface area contributed by atoms with Crippen LogP contribution < -0.4 is 4.90 Å². The van der Waals surface area contributed by atoms with E-state index in [2.05, 4.69) is 38.0 Å². The van der Waals surface area contributed by atoms with Crippen molar-refractivity contribution >= 4 is 32.4 Å². The van der Waals surface area contributed by atoms with Gasteiger partial charge in [-0.3, -0.25) is 0 Å². The normalized spacial score (nSPS) is 20.8. The van der Waals surface area contributed by atoms with Gasteiger partial charge in [0.25, 0.3) is 0 Å². The van der Waals surface area contributed by atoms with E-state index in [4.69, 9.17) is 4.74 Å². The van der Waals surface area contributed by atoms with Crippen molar-refractivity contribution in [3.05, 3.63) is 3.92 Å². The lowest BCUT2D eigenvalue weighted by Gasteiger charge is -2.22. The van der Waals surface area contributed by atoms with Crippen molar-refractivity contribution in [1.82, 2.24) is 10.2 Å². The van der Waals surface area contributed by atoms with Crippen LogP contribution in [0.4, 0.5) is 5.13 Å². The molecular weight excluding hydrogens is 278 g/mol. The molecule has 1 aromatic heterocycles. The fraction of sp³-hybridized carbons (Fsp3) is 0.778. The third kappa shape index (κ3) is 2.89. The molecule has 0 radical (unpaired) electrons. The van der Waals surface area contributed by atoms with E-state index in [1.165, 1.54) is 6.42 Å². The van der Waals surface area contributed by atoms with E-state index in [-0.39, 0.29) is 0 Å². The van der Waals surface area contributed by atoms with E-state index < -0.39 is 0 Å². The van der Waals surface area contributed by atoms with E-state index in [0.29, 0.717) is 6.10 Å². The highest BCUT2D eigenvalue weighted by Gasteiger charge is 2.20. The van der Waals surface area contributed by atoms with Gasteiger partial charge in [0.2, 0.25) is 5.13 Å². The number of ether oxygens (including phenoxy) is 1. The third-order valence-electron chi connectivity index (χ3n) is 2.49. The summed E-state index contributed by atoms with van der Waals surface area (Å²) in [5.74, 6) is 0. The molecule has 2 heterocycles. The van der Waals surface area contributed by atoms with Gasteiger partial charge < -0.3 is 9.64 Å². The first-order chi connectivity index (χ1) is 7.29. The number of hydrogen-bond acceptors (Lipinski definition) is 5. The molecule has 1 aliphatic heterocycles. The topological polar surface area (TPSA) is 38.2 Å². The zero-order chi connectivity index (χ0) is 10.7. The van der Waals surface area contributed by atoms with Crippen LogP contribution in [0.1, 0.15) is 19.8 Å². The maximum Gasteiger partial charge on any atom is 0.209 e. The van der Waals surface area contributed by atoms with Gasteiger partial charge in [0.15, 0.2) is 3.92 Å². The molecule has 6 heteroatoms. The maximum atomic E-state index is 5.62. The molecule has 0 aromatic carbocycles. The monoisotopic (exact) mass is 291 g/mol. The predicted octanol–water partition coefficient (Wildman–Crippen LogP) is 2.31. The largest absolute Gasteiger partial charge is 0.376 e. The molecule has 1 aromatic rings. The molecule has 0 bridgehead atoms. The summed E-state index contributed by atoms with van der Waals surface area (Å²) in [4.78, 5) is 2.22. The zero-order valence-corrected chi connectivity index (χ0v) is 11.1. The Hall–Kier alpha value is -0.200. The molecule has 15 heavy (non-hydrogen) atoms. The van der Waals surface area contributed by atoms with Gasteiger partial charge in [0, 0.05) is 19.7 Å². The van der Waals surface area contributed by atoms with Crippen LogP contribution in [0, 0.1) is 0 Å². The molecule has 0 N–H and O–H groups in total. The molecule has 2 rings (SSSR count). The van der Waals surface area contributed by atoms with Crippen molar-refractivity contribution in [2.75, 3.05) is 24.6 Å². The molecule has 0 aliphatic carbocycles. The highest BCUT2D eigenvalue weighted by atomic mass is 79.9. The van der Waals surface area contributed by atoms with E-state index >= 15 is 0 Å². The summed E-state index contributed by atoms with van der Waals surface area (Å²) in [6.45, 7) is 4.91. The Kier molecular flexibility index (Phi) is 3.93. The predicted molar refractivity (Wildman–Crippen MR) is 64.5 cm³/mol. The minimum atomic E-state index is 0.368.